The first-order valence-corrected chi connectivity index (χ1v) is 7.32. The minimum Gasteiger partial charge on any atom is -0.493 e. The van der Waals surface area contributed by atoms with Crippen LogP contribution in [0.15, 0.2) is 35.1 Å². The number of ether oxygens (including phenoxy) is 2. The second-order valence-electron chi connectivity index (χ2n) is 5.41. The van der Waals surface area contributed by atoms with E-state index in [0.717, 1.165) is 34.6 Å². The Morgan fingerprint density at radius 3 is 3.00 bits per heavy atom. The van der Waals surface area contributed by atoms with E-state index in [1.807, 2.05) is 32.0 Å². The summed E-state index contributed by atoms with van der Waals surface area (Å²) in [6.45, 7) is 4.56. The second-order valence-corrected chi connectivity index (χ2v) is 5.41. The molecule has 1 aliphatic rings. The molecule has 0 fully saturated rings. The number of hydrogen-bond acceptors (Lipinski definition) is 4. The molecule has 2 atom stereocenters. The fraction of sp³-hybridized carbons (Fsp3) is 0.412. The van der Waals surface area contributed by atoms with Crippen LogP contribution in [0.25, 0.3) is 0 Å². The molecule has 21 heavy (non-hydrogen) atoms. The van der Waals surface area contributed by atoms with Gasteiger partial charge >= 0.3 is 0 Å². The van der Waals surface area contributed by atoms with Gasteiger partial charge < -0.3 is 19.0 Å². The van der Waals surface area contributed by atoms with Crippen LogP contribution in [0.3, 0.4) is 0 Å². The SMILES string of the molecule is CCOc1cc2c(cc1C(O)Cc1ccoc1)OC(C)C2. The van der Waals surface area contributed by atoms with Gasteiger partial charge in [-0.15, -0.1) is 0 Å². The van der Waals surface area contributed by atoms with E-state index in [4.69, 9.17) is 13.9 Å². The van der Waals surface area contributed by atoms with Crippen molar-refractivity contribution in [3.8, 4) is 11.5 Å². The number of rotatable bonds is 5. The fourth-order valence-electron chi connectivity index (χ4n) is 2.74. The summed E-state index contributed by atoms with van der Waals surface area (Å²) in [6.07, 6.45) is 4.16. The summed E-state index contributed by atoms with van der Waals surface area (Å²) < 4.78 is 16.5. The van der Waals surface area contributed by atoms with Crippen LogP contribution in [0.2, 0.25) is 0 Å². The van der Waals surface area contributed by atoms with Crippen LogP contribution < -0.4 is 9.47 Å². The van der Waals surface area contributed by atoms with Crippen LogP contribution in [0.4, 0.5) is 0 Å². The highest BCUT2D eigenvalue weighted by molar-refractivity contribution is 5.49. The summed E-state index contributed by atoms with van der Waals surface area (Å²) in [4.78, 5) is 0. The zero-order valence-corrected chi connectivity index (χ0v) is 12.3. The lowest BCUT2D eigenvalue weighted by atomic mass is 9.99. The van der Waals surface area contributed by atoms with Crippen molar-refractivity contribution in [3.63, 3.8) is 0 Å². The van der Waals surface area contributed by atoms with Gasteiger partial charge in [0.15, 0.2) is 0 Å². The number of fused-ring (bicyclic) bond motifs is 1. The molecule has 0 bridgehead atoms. The number of hydrogen-bond donors (Lipinski definition) is 1. The van der Waals surface area contributed by atoms with E-state index in [9.17, 15) is 5.11 Å². The molecule has 0 amide bonds. The Balaban J connectivity index is 1.90. The summed E-state index contributed by atoms with van der Waals surface area (Å²) >= 11 is 0. The summed E-state index contributed by atoms with van der Waals surface area (Å²) in [5.41, 5.74) is 2.87. The van der Waals surface area contributed by atoms with Crippen LogP contribution in [0, 0.1) is 0 Å². The maximum absolute atomic E-state index is 10.5. The maximum Gasteiger partial charge on any atom is 0.125 e. The van der Waals surface area contributed by atoms with Crippen molar-refractivity contribution in [2.75, 3.05) is 6.61 Å². The van der Waals surface area contributed by atoms with Crippen molar-refractivity contribution in [3.05, 3.63) is 47.4 Å². The topological polar surface area (TPSA) is 51.8 Å². The lowest BCUT2D eigenvalue weighted by molar-refractivity contribution is 0.171. The van der Waals surface area contributed by atoms with Gasteiger partial charge in [0, 0.05) is 24.0 Å². The van der Waals surface area contributed by atoms with Gasteiger partial charge in [-0.05, 0) is 37.6 Å². The Morgan fingerprint density at radius 1 is 1.43 bits per heavy atom. The molecule has 4 heteroatoms. The van der Waals surface area contributed by atoms with Crippen molar-refractivity contribution in [1.82, 2.24) is 0 Å². The number of aliphatic hydroxyl groups is 1. The smallest absolute Gasteiger partial charge is 0.125 e. The van der Waals surface area contributed by atoms with Gasteiger partial charge in [-0.2, -0.15) is 0 Å². The van der Waals surface area contributed by atoms with E-state index in [2.05, 4.69) is 0 Å². The second kappa shape index (κ2) is 5.82. The molecule has 1 aliphatic heterocycles. The van der Waals surface area contributed by atoms with Gasteiger partial charge in [-0.1, -0.05) is 0 Å². The molecule has 0 saturated heterocycles. The third-order valence-electron chi connectivity index (χ3n) is 3.70. The molecule has 1 aromatic heterocycles. The number of aliphatic hydroxyl groups excluding tert-OH is 1. The first kappa shape index (κ1) is 14.0. The molecule has 0 aliphatic carbocycles. The standard InChI is InChI=1S/C17H20O4/c1-3-20-17-8-13-6-11(2)21-16(13)9-14(17)15(18)7-12-4-5-19-10-12/h4-5,8-11,15,18H,3,6-7H2,1-2H3. The van der Waals surface area contributed by atoms with Gasteiger partial charge in [0.1, 0.15) is 17.6 Å². The third kappa shape index (κ3) is 2.90. The minimum atomic E-state index is -0.644. The van der Waals surface area contributed by atoms with Gasteiger partial charge in [0.2, 0.25) is 0 Å². The first-order valence-electron chi connectivity index (χ1n) is 7.32. The highest BCUT2D eigenvalue weighted by Crippen LogP contribution is 2.38. The lowest BCUT2D eigenvalue weighted by Gasteiger charge is -2.17. The van der Waals surface area contributed by atoms with Gasteiger partial charge in [0.25, 0.3) is 0 Å². The number of benzene rings is 1. The molecule has 3 rings (SSSR count). The molecule has 1 aromatic carbocycles. The predicted molar refractivity (Wildman–Crippen MR) is 78.8 cm³/mol. The van der Waals surface area contributed by atoms with Crippen LogP contribution in [0.1, 0.15) is 36.6 Å². The Morgan fingerprint density at radius 2 is 2.29 bits per heavy atom. The van der Waals surface area contributed by atoms with Crippen molar-refractivity contribution >= 4 is 0 Å². The van der Waals surface area contributed by atoms with Gasteiger partial charge in [-0.25, -0.2) is 0 Å². The average molecular weight is 288 g/mol. The Hall–Kier alpha value is -1.94. The van der Waals surface area contributed by atoms with Crippen molar-refractivity contribution in [1.29, 1.82) is 0 Å². The minimum absolute atomic E-state index is 0.177. The summed E-state index contributed by atoms with van der Waals surface area (Å²) in [5.74, 6) is 1.59. The molecule has 0 spiro atoms. The molecule has 112 valence electrons. The van der Waals surface area contributed by atoms with Gasteiger partial charge in [0.05, 0.1) is 25.2 Å². The highest BCUT2D eigenvalue weighted by Gasteiger charge is 2.24. The Bertz CT molecular complexity index is 604. The molecular weight excluding hydrogens is 268 g/mol. The van der Waals surface area contributed by atoms with Crippen LogP contribution in [-0.2, 0) is 12.8 Å². The molecule has 1 N–H and O–H groups in total. The van der Waals surface area contributed by atoms with Crippen LogP contribution >= 0.6 is 0 Å². The highest BCUT2D eigenvalue weighted by atomic mass is 16.5. The van der Waals surface area contributed by atoms with Crippen molar-refractivity contribution in [2.24, 2.45) is 0 Å². The van der Waals surface area contributed by atoms with E-state index in [1.165, 1.54) is 0 Å². The molecule has 0 saturated carbocycles. The molecular formula is C17H20O4. The Labute approximate surface area is 124 Å². The van der Waals surface area contributed by atoms with E-state index < -0.39 is 6.10 Å². The van der Waals surface area contributed by atoms with E-state index in [-0.39, 0.29) is 6.10 Å². The third-order valence-corrected chi connectivity index (χ3v) is 3.70. The van der Waals surface area contributed by atoms with E-state index in [0.29, 0.717) is 13.0 Å². The van der Waals surface area contributed by atoms with E-state index >= 15 is 0 Å². The summed E-state index contributed by atoms with van der Waals surface area (Å²) in [6, 6.07) is 5.76. The lowest BCUT2D eigenvalue weighted by Crippen LogP contribution is -2.06. The molecule has 2 heterocycles. The maximum atomic E-state index is 10.5. The summed E-state index contributed by atoms with van der Waals surface area (Å²) in [7, 11) is 0. The largest absolute Gasteiger partial charge is 0.493 e. The summed E-state index contributed by atoms with van der Waals surface area (Å²) in [5, 5.41) is 10.5. The van der Waals surface area contributed by atoms with Crippen LogP contribution in [0.5, 0.6) is 11.5 Å². The van der Waals surface area contributed by atoms with Crippen molar-refractivity contribution in [2.45, 2.75) is 38.9 Å². The molecule has 2 aromatic rings. The normalized spacial score (nSPS) is 18.1. The zero-order valence-electron chi connectivity index (χ0n) is 12.3. The average Bonchev–Trinajstić information content (AvgIpc) is 3.06. The molecule has 0 radical (unpaired) electrons. The molecule has 4 nitrogen and oxygen atoms in total. The predicted octanol–water partition coefficient (Wildman–Crippen LogP) is 3.28. The van der Waals surface area contributed by atoms with Crippen LogP contribution in [-0.4, -0.2) is 17.8 Å². The quantitative estimate of drug-likeness (QED) is 0.917. The zero-order chi connectivity index (χ0) is 14.8. The monoisotopic (exact) mass is 288 g/mol. The Kier molecular flexibility index (Phi) is 3.88. The number of furan rings is 1. The molecule has 2 unspecified atom stereocenters. The van der Waals surface area contributed by atoms with Crippen molar-refractivity contribution < 1.29 is 19.0 Å². The van der Waals surface area contributed by atoms with E-state index in [1.54, 1.807) is 12.5 Å². The van der Waals surface area contributed by atoms with Gasteiger partial charge in [-0.3, -0.25) is 0 Å². The first-order chi connectivity index (χ1) is 10.2. The fourth-order valence-corrected chi connectivity index (χ4v) is 2.74.